The van der Waals surface area contributed by atoms with E-state index < -0.39 is 69.7 Å². The molecule has 208 valence electrons. The van der Waals surface area contributed by atoms with Gasteiger partial charge in [-0.1, -0.05) is 19.6 Å². The number of H-pyrrole nitrogens is 1. The van der Waals surface area contributed by atoms with E-state index in [1.165, 1.54) is 16.8 Å². The molecule has 1 aromatic heterocycles. The SMILES string of the molecule is C[Si](C)(C)O[C@H]1C[C@@](n2ccc(=O)[nH]c2=O)([Si](C)(C)C)O[C@@H]1COP(=O)(O[Si](C)(C)C)O[Si](C)(C)C. The summed E-state index contributed by atoms with van der Waals surface area (Å²) >= 11 is 0. The van der Waals surface area contributed by atoms with Crippen molar-refractivity contribution in [1.82, 2.24) is 9.55 Å². The number of nitrogens with one attached hydrogen (secondary N) is 1. The molecule has 1 N–H and O–H groups in total. The van der Waals surface area contributed by atoms with Crippen LogP contribution in [-0.2, 0) is 32.0 Å². The molecule has 1 aliphatic heterocycles. The van der Waals surface area contributed by atoms with E-state index in [4.69, 9.17) is 22.1 Å². The van der Waals surface area contributed by atoms with Crippen LogP contribution < -0.4 is 11.2 Å². The minimum absolute atomic E-state index is 0.0777. The Balaban J connectivity index is 2.51. The molecule has 0 saturated carbocycles. The number of hydrogen-bond acceptors (Lipinski definition) is 8. The molecule has 2 heterocycles. The Labute approximate surface area is 219 Å². The minimum Gasteiger partial charge on any atom is -0.412 e. The van der Waals surface area contributed by atoms with Crippen LogP contribution in [0.15, 0.2) is 21.9 Å². The van der Waals surface area contributed by atoms with E-state index >= 15 is 0 Å². The molecule has 15 heteroatoms. The minimum atomic E-state index is -3.87. The molecule has 1 fully saturated rings. The average Bonchev–Trinajstić information content (AvgIpc) is 2.94. The van der Waals surface area contributed by atoms with Crippen LogP contribution in [0.25, 0.3) is 0 Å². The van der Waals surface area contributed by atoms with Crippen LogP contribution in [-0.4, -0.2) is 61.4 Å². The topological polar surface area (TPSA) is 118 Å². The van der Waals surface area contributed by atoms with Crippen LogP contribution in [0.1, 0.15) is 6.42 Å². The highest BCUT2D eigenvalue weighted by Gasteiger charge is 2.57. The van der Waals surface area contributed by atoms with Crippen LogP contribution in [0.2, 0.25) is 78.6 Å². The highest BCUT2D eigenvalue weighted by Crippen LogP contribution is 2.55. The molecule has 2 rings (SSSR count). The Morgan fingerprint density at radius 1 is 0.972 bits per heavy atom. The van der Waals surface area contributed by atoms with Gasteiger partial charge in [-0.15, -0.1) is 0 Å². The fourth-order valence-electron chi connectivity index (χ4n) is 4.10. The van der Waals surface area contributed by atoms with E-state index in [0.29, 0.717) is 6.42 Å². The fourth-order valence-corrected chi connectivity index (χ4v) is 14.1. The van der Waals surface area contributed by atoms with Crippen LogP contribution in [0.4, 0.5) is 0 Å². The fraction of sp³-hybridized carbons (Fsp3) is 0.810. The molecule has 1 aliphatic rings. The molecular formula is C21H45N2O8PSi4. The van der Waals surface area contributed by atoms with E-state index in [1.807, 2.05) is 39.3 Å². The smallest absolute Gasteiger partial charge is 0.412 e. The maximum atomic E-state index is 13.7. The first-order valence-electron chi connectivity index (χ1n) is 12.3. The van der Waals surface area contributed by atoms with Gasteiger partial charge in [-0.2, -0.15) is 0 Å². The largest absolute Gasteiger partial charge is 0.455 e. The quantitative estimate of drug-likeness (QED) is 0.283. The van der Waals surface area contributed by atoms with Gasteiger partial charge < -0.3 is 17.6 Å². The van der Waals surface area contributed by atoms with Gasteiger partial charge in [0.15, 0.2) is 25.0 Å². The number of aromatic nitrogens is 2. The van der Waals surface area contributed by atoms with Crippen molar-refractivity contribution < 1.29 is 26.7 Å². The lowest BCUT2D eigenvalue weighted by atomic mass is 10.2. The standard InChI is InChI=1S/C21H45N2O8PSi4/c1-33(2,3)21(23-14-13-19(24)22-20(23)25)15-17(29-34(4,5)6)18(28-21)16-27-32(26,30-35(7,8)9)31-36(10,11)12/h13-14,17-18H,15-16H2,1-12H3,(H,22,24,25)/t17-,18+,21-/m0/s1. The lowest BCUT2D eigenvalue weighted by Gasteiger charge is -2.41. The summed E-state index contributed by atoms with van der Waals surface area (Å²) in [6.45, 7) is 24.1. The summed E-state index contributed by atoms with van der Waals surface area (Å²) in [4.78, 5) is 27.1. The number of rotatable bonds is 11. The molecule has 3 atom stereocenters. The Hall–Kier alpha value is -0.422. The Morgan fingerprint density at radius 3 is 1.92 bits per heavy atom. The Morgan fingerprint density at radius 2 is 1.50 bits per heavy atom. The molecule has 0 amide bonds. The second-order valence-electron chi connectivity index (χ2n) is 13.3. The zero-order chi connectivity index (χ0) is 28.0. The van der Waals surface area contributed by atoms with E-state index in [9.17, 15) is 14.2 Å². The van der Waals surface area contributed by atoms with Gasteiger partial charge in [0.05, 0.1) is 12.7 Å². The summed E-state index contributed by atoms with van der Waals surface area (Å²) in [6, 6.07) is 1.32. The van der Waals surface area contributed by atoms with Gasteiger partial charge in [-0.05, 0) is 58.9 Å². The maximum absolute atomic E-state index is 13.7. The van der Waals surface area contributed by atoms with Gasteiger partial charge >= 0.3 is 13.5 Å². The number of nitrogens with zero attached hydrogens (tertiary/aromatic N) is 1. The predicted octanol–water partition coefficient (Wildman–Crippen LogP) is 4.90. The molecule has 1 saturated heterocycles. The normalized spacial score (nSPS) is 24.3. The zero-order valence-corrected chi connectivity index (χ0v) is 28.8. The average molecular weight is 597 g/mol. The summed E-state index contributed by atoms with van der Waals surface area (Å²) < 4.78 is 46.3. The highest BCUT2D eigenvalue weighted by atomic mass is 31.2. The van der Waals surface area contributed by atoms with Gasteiger partial charge in [0, 0.05) is 18.7 Å². The molecule has 0 unspecified atom stereocenters. The third-order valence-electron chi connectivity index (χ3n) is 5.30. The van der Waals surface area contributed by atoms with Gasteiger partial charge in [-0.3, -0.25) is 18.9 Å². The van der Waals surface area contributed by atoms with Crippen molar-refractivity contribution in [2.24, 2.45) is 0 Å². The molecule has 1 aromatic rings. The molecule has 36 heavy (non-hydrogen) atoms. The lowest BCUT2D eigenvalue weighted by Crippen LogP contribution is -2.58. The van der Waals surface area contributed by atoms with Crippen molar-refractivity contribution in [1.29, 1.82) is 0 Å². The van der Waals surface area contributed by atoms with E-state index in [2.05, 4.69) is 44.3 Å². The molecule has 0 aromatic carbocycles. The monoisotopic (exact) mass is 596 g/mol. The Kier molecular flexibility index (Phi) is 9.38. The summed E-state index contributed by atoms with van der Waals surface area (Å²) in [5, 5.41) is -1.00. The van der Waals surface area contributed by atoms with Crippen molar-refractivity contribution in [3.63, 3.8) is 0 Å². The van der Waals surface area contributed by atoms with E-state index in [0.717, 1.165) is 0 Å². The van der Waals surface area contributed by atoms with Crippen molar-refractivity contribution >= 4 is 40.8 Å². The summed E-state index contributed by atoms with van der Waals surface area (Å²) in [6.07, 6.45) is 0.864. The van der Waals surface area contributed by atoms with Crippen molar-refractivity contribution in [3.8, 4) is 0 Å². The van der Waals surface area contributed by atoms with Crippen molar-refractivity contribution in [2.45, 2.75) is 103 Å². The van der Waals surface area contributed by atoms with Crippen LogP contribution in [0, 0.1) is 0 Å². The molecule has 0 aliphatic carbocycles. The number of hydrogen-bond donors (Lipinski definition) is 1. The van der Waals surface area contributed by atoms with E-state index in [-0.39, 0.29) is 6.61 Å². The number of ether oxygens (including phenoxy) is 1. The van der Waals surface area contributed by atoms with Crippen LogP contribution in [0.5, 0.6) is 0 Å². The number of phosphoric acid groups is 1. The first-order valence-corrected chi connectivity index (χ1v) is 27.5. The number of aromatic amines is 1. The zero-order valence-electron chi connectivity index (χ0n) is 23.9. The van der Waals surface area contributed by atoms with Crippen molar-refractivity contribution in [2.75, 3.05) is 6.61 Å². The molecule has 0 spiro atoms. The second kappa shape index (κ2) is 10.6. The van der Waals surface area contributed by atoms with Crippen molar-refractivity contribution in [3.05, 3.63) is 33.1 Å². The summed E-state index contributed by atoms with van der Waals surface area (Å²) in [7, 11) is -12.8. The summed E-state index contributed by atoms with van der Waals surface area (Å²) in [5.74, 6) is 0. The third-order valence-corrected chi connectivity index (χ3v) is 15.8. The van der Waals surface area contributed by atoms with Gasteiger partial charge in [0.25, 0.3) is 5.56 Å². The molecule has 0 radical (unpaired) electrons. The van der Waals surface area contributed by atoms with Crippen LogP contribution in [0.3, 0.4) is 0 Å². The maximum Gasteiger partial charge on any atom is 0.455 e. The molecule has 10 nitrogen and oxygen atoms in total. The highest BCUT2D eigenvalue weighted by molar-refractivity contribution is 7.52. The van der Waals surface area contributed by atoms with Gasteiger partial charge in [0.2, 0.25) is 0 Å². The first-order chi connectivity index (χ1) is 16.0. The van der Waals surface area contributed by atoms with E-state index in [1.54, 1.807) is 0 Å². The molecular weight excluding hydrogens is 552 g/mol. The third kappa shape index (κ3) is 8.55. The predicted molar refractivity (Wildman–Crippen MR) is 153 cm³/mol. The van der Waals surface area contributed by atoms with Gasteiger partial charge in [-0.25, -0.2) is 9.36 Å². The molecule has 0 bridgehead atoms. The summed E-state index contributed by atoms with van der Waals surface area (Å²) in [5.41, 5.74) is -1.00. The lowest BCUT2D eigenvalue weighted by molar-refractivity contribution is -0.0728. The van der Waals surface area contributed by atoms with Crippen LogP contribution >= 0.6 is 7.82 Å². The first kappa shape index (κ1) is 31.8. The Bertz CT molecular complexity index is 1060. The van der Waals surface area contributed by atoms with Gasteiger partial charge in [0.1, 0.15) is 19.5 Å². The second-order valence-corrected chi connectivity index (χ2v) is 34.1.